The fourth-order valence-corrected chi connectivity index (χ4v) is 7.89. The molecule has 0 aromatic carbocycles. The van der Waals surface area contributed by atoms with Crippen molar-refractivity contribution in [1.82, 2.24) is 0 Å². The second-order valence-corrected chi connectivity index (χ2v) is 19.1. The summed E-state index contributed by atoms with van der Waals surface area (Å²) in [4.78, 5) is 38.2. The zero-order valence-electron chi connectivity index (χ0n) is 46.2. The summed E-state index contributed by atoms with van der Waals surface area (Å²) in [5.74, 6) is -0.956. The van der Waals surface area contributed by atoms with Gasteiger partial charge < -0.3 is 14.2 Å². The van der Waals surface area contributed by atoms with Gasteiger partial charge in [-0.25, -0.2) is 0 Å². The van der Waals surface area contributed by atoms with Gasteiger partial charge in [0.2, 0.25) is 0 Å². The van der Waals surface area contributed by atoms with Gasteiger partial charge in [0.25, 0.3) is 0 Å². The Kier molecular flexibility index (Phi) is 55.4. The Morgan fingerprint density at radius 1 is 0.296 bits per heavy atom. The number of carbonyl (C=O) groups excluding carboxylic acids is 3. The SMILES string of the molecule is CC/C=C\C/C=C\C/C=C\C/C=C\CCCCCCCCC(=O)OCC(COC(=O)CCCC/C=C\C/C=C\C/C=C\C/C=C\CC)OC(=O)CCCCCCCCCCC/C=C\CCCCCCCC. The van der Waals surface area contributed by atoms with E-state index in [2.05, 4.69) is 130 Å². The van der Waals surface area contributed by atoms with Crippen molar-refractivity contribution in [2.24, 2.45) is 0 Å². The summed E-state index contributed by atoms with van der Waals surface area (Å²) in [6.07, 6.45) is 79.4. The van der Waals surface area contributed by atoms with Crippen molar-refractivity contribution >= 4 is 17.9 Å². The smallest absolute Gasteiger partial charge is 0.306 e. The number of hydrogen-bond donors (Lipinski definition) is 0. The Morgan fingerprint density at radius 2 is 0.549 bits per heavy atom. The molecule has 0 bridgehead atoms. The molecule has 404 valence electrons. The summed E-state index contributed by atoms with van der Waals surface area (Å²) in [6.45, 7) is 6.37. The Hall–Kier alpha value is -3.93. The van der Waals surface area contributed by atoms with Crippen molar-refractivity contribution < 1.29 is 28.6 Å². The van der Waals surface area contributed by atoms with E-state index in [1.807, 2.05) is 0 Å². The van der Waals surface area contributed by atoms with Gasteiger partial charge in [0.1, 0.15) is 13.2 Å². The van der Waals surface area contributed by atoms with Gasteiger partial charge in [-0.1, -0.05) is 233 Å². The first kappa shape index (κ1) is 67.1. The van der Waals surface area contributed by atoms with Crippen molar-refractivity contribution in [3.63, 3.8) is 0 Å². The third-order valence-corrected chi connectivity index (χ3v) is 12.2. The molecule has 0 amide bonds. The van der Waals surface area contributed by atoms with Crippen molar-refractivity contribution in [2.45, 2.75) is 271 Å². The highest BCUT2D eigenvalue weighted by Crippen LogP contribution is 2.15. The van der Waals surface area contributed by atoms with E-state index in [4.69, 9.17) is 14.2 Å². The lowest BCUT2D eigenvalue weighted by atomic mass is 10.1. The van der Waals surface area contributed by atoms with Gasteiger partial charge in [-0.15, -0.1) is 0 Å². The standard InChI is InChI=1S/C65H108O6/c1-4-7-10-13-16-19-22-25-28-30-32-34-37-40-43-46-49-52-55-58-64(67)70-61-62(60-69-63(66)57-54-51-48-45-42-39-36-27-24-21-18-15-12-9-6-3)71-65(68)59-56-53-50-47-44-41-38-35-33-31-29-26-23-20-17-14-11-8-5-2/h7,9-10,12,16,18-19,21,25-29,32,34,36,42,45,62H,4-6,8,11,13-15,17,20,22-24,30-31,33,35,37-41,43-44,46-61H2,1-3H3/b10-7-,12-9-,19-16-,21-18-,28-25-,29-26-,34-32-,36-27-,45-42-. The van der Waals surface area contributed by atoms with E-state index in [0.717, 1.165) is 122 Å². The van der Waals surface area contributed by atoms with E-state index in [1.54, 1.807) is 0 Å². The van der Waals surface area contributed by atoms with E-state index in [0.29, 0.717) is 19.3 Å². The molecule has 0 aliphatic carbocycles. The van der Waals surface area contributed by atoms with Crippen molar-refractivity contribution in [3.8, 4) is 0 Å². The molecular formula is C65H108O6. The molecule has 6 heteroatoms. The largest absolute Gasteiger partial charge is 0.462 e. The van der Waals surface area contributed by atoms with Crippen LogP contribution in [0.4, 0.5) is 0 Å². The number of rotatable bonds is 52. The first-order chi connectivity index (χ1) is 35.0. The lowest BCUT2D eigenvalue weighted by Crippen LogP contribution is -2.30. The van der Waals surface area contributed by atoms with Crippen LogP contribution < -0.4 is 0 Å². The monoisotopic (exact) mass is 985 g/mol. The summed E-state index contributed by atoms with van der Waals surface area (Å²) in [5.41, 5.74) is 0. The topological polar surface area (TPSA) is 78.9 Å². The van der Waals surface area contributed by atoms with Gasteiger partial charge >= 0.3 is 17.9 Å². The number of unbranched alkanes of at least 4 members (excludes halogenated alkanes) is 23. The second kappa shape index (κ2) is 58.6. The fraction of sp³-hybridized carbons (Fsp3) is 0.677. The van der Waals surface area contributed by atoms with E-state index < -0.39 is 6.10 Å². The van der Waals surface area contributed by atoms with E-state index in [9.17, 15) is 14.4 Å². The number of carbonyl (C=O) groups is 3. The average Bonchev–Trinajstić information content (AvgIpc) is 3.37. The van der Waals surface area contributed by atoms with Crippen LogP contribution in [-0.2, 0) is 28.6 Å². The van der Waals surface area contributed by atoms with E-state index in [-0.39, 0.29) is 31.1 Å². The maximum atomic E-state index is 12.9. The molecule has 0 aromatic rings. The van der Waals surface area contributed by atoms with Crippen LogP contribution in [0, 0.1) is 0 Å². The summed E-state index contributed by atoms with van der Waals surface area (Å²) in [6, 6.07) is 0. The third kappa shape index (κ3) is 56.9. The van der Waals surface area contributed by atoms with Gasteiger partial charge in [0.05, 0.1) is 0 Å². The van der Waals surface area contributed by atoms with Gasteiger partial charge in [0.15, 0.2) is 6.10 Å². The fourth-order valence-electron chi connectivity index (χ4n) is 7.89. The molecule has 0 aliphatic heterocycles. The molecule has 0 rings (SSSR count). The number of ether oxygens (including phenoxy) is 3. The first-order valence-electron chi connectivity index (χ1n) is 29.4. The summed E-state index contributed by atoms with van der Waals surface area (Å²) in [7, 11) is 0. The lowest BCUT2D eigenvalue weighted by molar-refractivity contribution is -0.167. The van der Waals surface area contributed by atoms with Crippen LogP contribution in [0.25, 0.3) is 0 Å². The molecule has 1 atom stereocenters. The highest BCUT2D eigenvalue weighted by molar-refractivity contribution is 5.71. The van der Waals surface area contributed by atoms with Gasteiger partial charge in [-0.2, -0.15) is 0 Å². The van der Waals surface area contributed by atoms with Crippen LogP contribution in [-0.4, -0.2) is 37.2 Å². The third-order valence-electron chi connectivity index (χ3n) is 12.2. The minimum absolute atomic E-state index is 0.101. The maximum absolute atomic E-state index is 12.9. The zero-order valence-corrected chi connectivity index (χ0v) is 46.2. The maximum Gasteiger partial charge on any atom is 0.306 e. The Balaban J connectivity index is 4.46. The summed E-state index contributed by atoms with van der Waals surface area (Å²) >= 11 is 0. The normalized spacial score (nSPS) is 12.9. The number of allylic oxidation sites excluding steroid dienone is 18. The molecular weight excluding hydrogens is 877 g/mol. The average molecular weight is 986 g/mol. The van der Waals surface area contributed by atoms with Gasteiger partial charge in [0, 0.05) is 19.3 Å². The van der Waals surface area contributed by atoms with E-state index in [1.165, 1.54) is 103 Å². The molecule has 0 fully saturated rings. The predicted molar refractivity (Wildman–Crippen MR) is 307 cm³/mol. The van der Waals surface area contributed by atoms with Crippen LogP contribution in [0.2, 0.25) is 0 Å². The number of esters is 3. The van der Waals surface area contributed by atoms with Gasteiger partial charge in [-0.3, -0.25) is 14.4 Å². The molecule has 0 spiro atoms. The molecule has 0 radical (unpaired) electrons. The van der Waals surface area contributed by atoms with Crippen LogP contribution in [0.1, 0.15) is 265 Å². The Labute approximate surface area is 438 Å². The highest BCUT2D eigenvalue weighted by atomic mass is 16.6. The van der Waals surface area contributed by atoms with Crippen molar-refractivity contribution in [3.05, 3.63) is 109 Å². The van der Waals surface area contributed by atoms with Crippen LogP contribution in [0.5, 0.6) is 0 Å². The van der Waals surface area contributed by atoms with Crippen LogP contribution >= 0.6 is 0 Å². The minimum Gasteiger partial charge on any atom is -0.462 e. The lowest BCUT2D eigenvalue weighted by Gasteiger charge is -2.18. The van der Waals surface area contributed by atoms with E-state index >= 15 is 0 Å². The number of hydrogen-bond acceptors (Lipinski definition) is 6. The van der Waals surface area contributed by atoms with Gasteiger partial charge in [-0.05, 0) is 122 Å². The summed E-state index contributed by atoms with van der Waals surface area (Å²) in [5, 5.41) is 0. The second-order valence-electron chi connectivity index (χ2n) is 19.1. The Morgan fingerprint density at radius 3 is 0.901 bits per heavy atom. The molecule has 0 saturated heterocycles. The molecule has 0 saturated carbocycles. The molecule has 0 aromatic heterocycles. The van der Waals surface area contributed by atoms with Crippen molar-refractivity contribution in [2.75, 3.05) is 13.2 Å². The zero-order chi connectivity index (χ0) is 51.4. The molecule has 6 nitrogen and oxygen atoms in total. The molecule has 1 unspecified atom stereocenters. The Bertz CT molecular complexity index is 1460. The predicted octanol–water partition coefficient (Wildman–Crippen LogP) is 19.9. The minimum atomic E-state index is -0.805. The summed E-state index contributed by atoms with van der Waals surface area (Å²) < 4.78 is 16.8. The quantitative estimate of drug-likeness (QED) is 0.0261. The molecule has 0 aliphatic rings. The molecule has 71 heavy (non-hydrogen) atoms. The van der Waals surface area contributed by atoms with Crippen LogP contribution in [0.15, 0.2) is 109 Å². The molecule has 0 N–H and O–H groups in total. The first-order valence-corrected chi connectivity index (χ1v) is 29.4. The molecule has 0 heterocycles. The van der Waals surface area contributed by atoms with Crippen LogP contribution in [0.3, 0.4) is 0 Å². The van der Waals surface area contributed by atoms with Crippen molar-refractivity contribution in [1.29, 1.82) is 0 Å². The highest BCUT2D eigenvalue weighted by Gasteiger charge is 2.19.